The summed E-state index contributed by atoms with van der Waals surface area (Å²) in [5.41, 5.74) is -0.153. The lowest BCUT2D eigenvalue weighted by Crippen LogP contribution is -2.11. The minimum atomic E-state index is -0.153. The van der Waals surface area contributed by atoms with Crippen LogP contribution in [-0.2, 0) is 0 Å². The third kappa shape index (κ3) is 1.000. The third-order valence-corrected chi connectivity index (χ3v) is 3.30. The summed E-state index contributed by atoms with van der Waals surface area (Å²) in [4.78, 5) is 0. The van der Waals surface area contributed by atoms with Gasteiger partial charge in [-0.25, -0.2) is 0 Å². The molecule has 1 fully saturated rings. The molecule has 0 amide bonds. The molecule has 54 valence electrons. The first-order valence-corrected chi connectivity index (χ1v) is 4.61. The van der Waals surface area contributed by atoms with Gasteiger partial charge in [-0.1, -0.05) is 12.2 Å². The predicted molar refractivity (Wildman–Crippen MR) is 46.6 cm³/mol. The normalized spacial score (nSPS) is 42.8. The predicted octanol–water partition coefficient (Wildman–Crippen LogP) is 2.92. The van der Waals surface area contributed by atoms with Gasteiger partial charge >= 0.3 is 5.54 Å². The molecular formula is C7H9BCl2. The molecule has 0 radical (unpaired) electrons. The van der Waals surface area contributed by atoms with Crippen molar-refractivity contribution in [1.29, 1.82) is 0 Å². The van der Waals surface area contributed by atoms with Gasteiger partial charge in [0.05, 0.1) is 0 Å². The highest BCUT2D eigenvalue weighted by molar-refractivity contribution is 7.34. The zero-order valence-electron chi connectivity index (χ0n) is 5.63. The van der Waals surface area contributed by atoms with E-state index in [1.807, 2.05) is 0 Å². The Morgan fingerprint density at radius 3 is 2.30 bits per heavy atom. The van der Waals surface area contributed by atoms with Crippen LogP contribution in [0.3, 0.4) is 0 Å². The van der Waals surface area contributed by atoms with Crippen LogP contribution >= 0.6 is 22.9 Å². The smallest absolute Gasteiger partial charge is 0.171 e. The second-order valence-electron chi connectivity index (χ2n) is 3.28. The zero-order valence-corrected chi connectivity index (χ0v) is 7.15. The van der Waals surface area contributed by atoms with Gasteiger partial charge in [-0.2, -0.15) is 22.9 Å². The van der Waals surface area contributed by atoms with Gasteiger partial charge in [0.2, 0.25) is 0 Å². The number of halogens is 2. The fourth-order valence-electron chi connectivity index (χ4n) is 2.11. The summed E-state index contributed by atoms with van der Waals surface area (Å²) in [5, 5.41) is 0. The number of hydrogen-bond acceptors (Lipinski definition) is 0. The van der Waals surface area contributed by atoms with Gasteiger partial charge in [0, 0.05) is 0 Å². The maximum absolute atomic E-state index is 5.81. The average molecular weight is 175 g/mol. The topological polar surface area (TPSA) is 0 Å². The Morgan fingerprint density at radius 1 is 1.20 bits per heavy atom. The summed E-state index contributed by atoms with van der Waals surface area (Å²) in [5.74, 6) is 2.01. The second kappa shape index (κ2) is 2.46. The molecule has 3 atom stereocenters. The van der Waals surface area contributed by atoms with Crippen molar-refractivity contribution in [3.63, 3.8) is 0 Å². The summed E-state index contributed by atoms with van der Waals surface area (Å²) in [6.07, 6.45) is 7.08. The lowest BCUT2D eigenvalue weighted by molar-refractivity contribution is 0.690. The quantitative estimate of drug-likeness (QED) is 0.424. The maximum Gasteiger partial charge on any atom is 0.355 e. The highest BCUT2D eigenvalue weighted by Gasteiger charge is 2.40. The molecule has 0 aromatic heterocycles. The molecular weight excluding hydrogens is 166 g/mol. The summed E-state index contributed by atoms with van der Waals surface area (Å²) >= 11 is 11.6. The van der Waals surface area contributed by atoms with Crippen LogP contribution < -0.4 is 0 Å². The Hall–Kier alpha value is 0.385. The summed E-state index contributed by atoms with van der Waals surface area (Å²) in [7, 11) is 0. The van der Waals surface area contributed by atoms with Crippen molar-refractivity contribution in [1.82, 2.24) is 0 Å². The molecule has 10 heavy (non-hydrogen) atoms. The first-order valence-electron chi connectivity index (χ1n) is 3.74. The van der Waals surface area contributed by atoms with Crippen LogP contribution in [0.1, 0.15) is 12.8 Å². The standard InChI is InChI=1S/C7H9BCl2/c9-8(10)7-4-5-1-2-6(7)3-5/h1-2,5-7H,3-4H2/t5-,6+,7-/m0/s1. The van der Waals surface area contributed by atoms with E-state index >= 15 is 0 Å². The third-order valence-electron chi connectivity index (χ3n) is 2.65. The van der Waals surface area contributed by atoms with E-state index in [4.69, 9.17) is 22.9 Å². The van der Waals surface area contributed by atoms with Crippen LogP contribution in [0, 0.1) is 11.8 Å². The van der Waals surface area contributed by atoms with E-state index in [1.165, 1.54) is 12.8 Å². The highest BCUT2D eigenvalue weighted by atomic mass is 35.5. The summed E-state index contributed by atoms with van der Waals surface area (Å²) in [6.45, 7) is 0. The van der Waals surface area contributed by atoms with Crippen LogP contribution in [0.2, 0.25) is 5.82 Å². The largest absolute Gasteiger partial charge is 0.355 e. The van der Waals surface area contributed by atoms with Gasteiger partial charge in [-0.05, 0) is 30.5 Å². The van der Waals surface area contributed by atoms with Crippen LogP contribution in [0.4, 0.5) is 0 Å². The van der Waals surface area contributed by atoms with E-state index < -0.39 is 0 Å². The molecule has 2 aliphatic carbocycles. The van der Waals surface area contributed by atoms with Crippen molar-refractivity contribution in [2.24, 2.45) is 11.8 Å². The van der Waals surface area contributed by atoms with Crippen LogP contribution in [0.5, 0.6) is 0 Å². The molecule has 0 nitrogen and oxygen atoms in total. The Labute approximate surface area is 71.5 Å². The van der Waals surface area contributed by atoms with E-state index in [0.717, 1.165) is 5.92 Å². The molecule has 2 bridgehead atoms. The van der Waals surface area contributed by atoms with Crippen molar-refractivity contribution in [2.45, 2.75) is 18.7 Å². The fraction of sp³-hybridized carbons (Fsp3) is 0.714. The monoisotopic (exact) mass is 174 g/mol. The minimum Gasteiger partial charge on any atom is -0.171 e. The molecule has 0 N–H and O–H groups in total. The zero-order chi connectivity index (χ0) is 7.14. The molecule has 1 saturated carbocycles. The first kappa shape index (κ1) is 7.06. The van der Waals surface area contributed by atoms with Crippen LogP contribution in [0.25, 0.3) is 0 Å². The van der Waals surface area contributed by atoms with E-state index in [9.17, 15) is 0 Å². The minimum absolute atomic E-state index is 0.153. The fourth-order valence-corrected chi connectivity index (χ4v) is 2.69. The van der Waals surface area contributed by atoms with E-state index in [1.54, 1.807) is 0 Å². The Kier molecular flexibility index (Phi) is 1.73. The van der Waals surface area contributed by atoms with Gasteiger partial charge in [0.1, 0.15) is 0 Å². The summed E-state index contributed by atoms with van der Waals surface area (Å²) in [6, 6.07) is 0. The van der Waals surface area contributed by atoms with Gasteiger partial charge in [0.25, 0.3) is 0 Å². The van der Waals surface area contributed by atoms with Gasteiger partial charge in [-0.15, -0.1) is 0 Å². The molecule has 0 aliphatic heterocycles. The Bertz CT molecular complexity index is 167. The molecule has 0 saturated heterocycles. The summed E-state index contributed by atoms with van der Waals surface area (Å²) < 4.78 is 0. The van der Waals surface area contributed by atoms with Gasteiger partial charge in [-0.3, -0.25) is 0 Å². The van der Waals surface area contributed by atoms with Gasteiger partial charge < -0.3 is 0 Å². The molecule has 0 unspecified atom stereocenters. The van der Waals surface area contributed by atoms with Crippen molar-refractivity contribution in [3.8, 4) is 0 Å². The lowest BCUT2D eigenvalue weighted by atomic mass is 9.75. The Balaban J connectivity index is 2.09. The van der Waals surface area contributed by atoms with E-state index in [-0.39, 0.29) is 5.54 Å². The average Bonchev–Trinajstić information content (AvgIpc) is 2.44. The molecule has 2 rings (SSSR count). The van der Waals surface area contributed by atoms with Crippen molar-refractivity contribution >= 4 is 28.5 Å². The molecule has 0 heterocycles. The van der Waals surface area contributed by atoms with E-state index in [2.05, 4.69) is 12.2 Å². The first-order chi connectivity index (χ1) is 4.77. The van der Waals surface area contributed by atoms with E-state index in [0.29, 0.717) is 11.7 Å². The molecule has 0 aromatic rings. The lowest BCUT2D eigenvalue weighted by Gasteiger charge is -2.15. The van der Waals surface area contributed by atoms with Crippen molar-refractivity contribution in [2.75, 3.05) is 0 Å². The second-order valence-corrected chi connectivity index (χ2v) is 4.44. The number of allylic oxidation sites excluding steroid dienone is 2. The van der Waals surface area contributed by atoms with Crippen LogP contribution in [-0.4, -0.2) is 5.54 Å². The van der Waals surface area contributed by atoms with Crippen molar-refractivity contribution < 1.29 is 0 Å². The SMILES string of the molecule is ClB(Cl)[C@H]1C[C@H]2C=C[C@@H]1C2. The number of hydrogen-bond donors (Lipinski definition) is 0. The Morgan fingerprint density at radius 2 is 2.00 bits per heavy atom. The number of rotatable bonds is 1. The molecule has 3 heteroatoms. The molecule has 0 aromatic carbocycles. The van der Waals surface area contributed by atoms with Crippen molar-refractivity contribution in [3.05, 3.63) is 12.2 Å². The van der Waals surface area contributed by atoms with Gasteiger partial charge in [0.15, 0.2) is 0 Å². The van der Waals surface area contributed by atoms with Crippen LogP contribution in [0.15, 0.2) is 12.2 Å². The molecule has 0 spiro atoms. The molecule has 2 aliphatic rings. The highest BCUT2D eigenvalue weighted by Crippen LogP contribution is 2.49. The maximum atomic E-state index is 5.81. The number of fused-ring (bicyclic) bond motifs is 2.